The van der Waals surface area contributed by atoms with Gasteiger partial charge in [0.2, 0.25) is 0 Å². The summed E-state index contributed by atoms with van der Waals surface area (Å²) in [6, 6.07) is 17.4. The Bertz CT molecular complexity index is 1570. The molecule has 0 aliphatic carbocycles. The molecule has 4 aromatic heterocycles. The zero-order chi connectivity index (χ0) is 24.5. The Kier molecular flexibility index (Phi) is 5.71. The minimum atomic E-state index is -0.336. The van der Waals surface area contributed by atoms with Crippen molar-refractivity contribution in [3.63, 3.8) is 0 Å². The summed E-state index contributed by atoms with van der Waals surface area (Å²) in [6.45, 7) is 4.18. The van der Waals surface area contributed by atoms with E-state index in [2.05, 4.69) is 36.3 Å². The first-order valence-electron chi connectivity index (χ1n) is 11.9. The molecule has 8 heteroatoms. The molecule has 178 valence electrons. The van der Waals surface area contributed by atoms with Crippen LogP contribution in [0, 0.1) is 12.8 Å². The lowest BCUT2D eigenvalue weighted by Crippen LogP contribution is -2.44. The van der Waals surface area contributed by atoms with E-state index in [0.717, 1.165) is 57.9 Å². The van der Waals surface area contributed by atoms with E-state index in [1.807, 2.05) is 43.3 Å². The van der Waals surface area contributed by atoms with Crippen molar-refractivity contribution in [2.24, 2.45) is 5.92 Å². The van der Waals surface area contributed by atoms with Gasteiger partial charge in [-0.2, -0.15) is 0 Å². The van der Waals surface area contributed by atoms with Gasteiger partial charge in [-0.1, -0.05) is 12.1 Å². The molecule has 0 amide bonds. The Morgan fingerprint density at radius 2 is 1.89 bits per heavy atom. The third-order valence-electron chi connectivity index (χ3n) is 6.35. The van der Waals surface area contributed by atoms with Crippen LogP contribution in [-0.4, -0.2) is 50.6 Å². The van der Waals surface area contributed by atoms with Crippen LogP contribution in [-0.2, 0) is 4.74 Å². The van der Waals surface area contributed by atoms with Crippen molar-refractivity contribution in [3.05, 3.63) is 84.6 Å². The summed E-state index contributed by atoms with van der Waals surface area (Å²) in [7, 11) is 0. The fraction of sp³-hybridized carbons (Fsp3) is 0.179. The number of H-pyrrole nitrogens is 1. The van der Waals surface area contributed by atoms with Gasteiger partial charge in [0.05, 0.1) is 46.8 Å². The van der Waals surface area contributed by atoms with E-state index in [9.17, 15) is 4.79 Å². The summed E-state index contributed by atoms with van der Waals surface area (Å²) in [5, 5.41) is 4.13. The number of nitrogens with one attached hydrogen (secondary N) is 2. The van der Waals surface area contributed by atoms with E-state index >= 15 is 0 Å². The van der Waals surface area contributed by atoms with Crippen LogP contribution in [0.3, 0.4) is 0 Å². The highest BCUT2D eigenvalue weighted by Crippen LogP contribution is 2.31. The number of carbonyl (C=O) groups excluding carboxylic acids is 1. The Labute approximate surface area is 207 Å². The maximum absolute atomic E-state index is 12.5. The second kappa shape index (κ2) is 9.31. The SMILES string of the molecule is Cc1cccc(-c2[nH]cnc2-c2ccc3ncc(-c4cc(C(=O)OCC5CNC5)ccn4)cc3c2)n1. The minimum Gasteiger partial charge on any atom is -0.462 e. The number of hydrogen-bond acceptors (Lipinski definition) is 7. The van der Waals surface area contributed by atoms with E-state index in [1.54, 1.807) is 30.9 Å². The first kappa shape index (κ1) is 22.1. The zero-order valence-corrected chi connectivity index (χ0v) is 19.7. The Morgan fingerprint density at radius 3 is 2.72 bits per heavy atom. The summed E-state index contributed by atoms with van der Waals surface area (Å²) in [4.78, 5) is 34.1. The number of ether oxygens (including phenoxy) is 1. The van der Waals surface area contributed by atoms with E-state index in [1.165, 1.54) is 0 Å². The summed E-state index contributed by atoms with van der Waals surface area (Å²) in [5.41, 5.74) is 7.26. The number of aromatic nitrogens is 5. The highest BCUT2D eigenvalue weighted by molar-refractivity contribution is 5.92. The van der Waals surface area contributed by atoms with Gasteiger partial charge < -0.3 is 15.0 Å². The Balaban J connectivity index is 1.31. The van der Waals surface area contributed by atoms with Crippen LogP contribution in [0.1, 0.15) is 16.1 Å². The van der Waals surface area contributed by atoms with Gasteiger partial charge in [-0.15, -0.1) is 0 Å². The summed E-state index contributed by atoms with van der Waals surface area (Å²) >= 11 is 0. The zero-order valence-electron chi connectivity index (χ0n) is 19.7. The number of pyridine rings is 3. The molecule has 5 aromatic rings. The molecule has 1 aliphatic rings. The number of fused-ring (bicyclic) bond motifs is 1. The number of rotatable bonds is 6. The third-order valence-corrected chi connectivity index (χ3v) is 6.35. The normalized spacial score (nSPS) is 13.5. The number of aromatic amines is 1. The van der Waals surface area contributed by atoms with Crippen molar-refractivity contribution in [3.8, 4) is 33.9 Å². The van der Waals surface area contributed by atoms with Gasteiger partial charge >= 0.3 is 5.97 Å². The molecule has 6 rings (SSSR count). The molecule has 0 radical (unpaired) electrons. The molecule has 5 heterocycles. The number of esters is 1. The molecule has 0 atom stereocenters. The molecule has 0 bridgehead atoms. The molecule has 1 aliphatic heterocycles. The van der Waals surface area contributed by atoms with Gasteiger partial charge in [-0.25, -0.2) is 9.78 Å². The average molecular weight is 477 g/mol. The van der Waals surface area contributed by atoms with E-state index in [0.29, 0.717) is 23.8 Å². The fourth-order valence-electron chi connectivity index (χ4n) is 4.27. The molecule has 0 unspecified atom stereocenters. The highest BCUT2D eigenvalue weighted by Gasteiger charge is 2.19. The van der Waals surface area contributed by atoms with Crippen molar-refractivity contribution in [2.45, 2.75) is 6.92 Å². The number of benzene rings is 1. The fourth-order valence-corrected chi connectivity index (χ4v) is 4.27. The lowest BCUT2D eigenvalue weighted by molar-refractivity contribution is 0.0397. The van der Waals surface area contributed by atoms with Crippen LogP contribution in [0.2, 0.25) is 0 Å². The molecule has 8 nitrogen and oxygen atoms in total. The number of hydrogen-bond donors (Lipinski definition) is 2. The van der Waals surface area contributed by atoms with Gasteiger partial charge in [0.1, 0.15) is 0 Å². The quantitative estimate of drug-likeness (QED) is 0.349. The minimum absolute atomic E-state index is 0.336. The van der Waals surface area contributed by atoms with Crippen molar-refractivity contribution >= 4 is 16.9 Å². The predicted octanol–water partition coefficient (Wildman–Crippen LogP) is 4.43. The summed E-state index contributed by atoms with van der Waals surface area (Å²) < 4.78 is 5.47. The van der Waals surface area contributed by atoms with Gasteiger partial charge in [-0.3, -0.25) is 15.0 Å². The van der Waals surface area contributed by atoms with Gasteiger partial charge in [0.15, 0.2) is 0 Å². The number of carbonyl (C=O) groups is 1. The second-order valence-electron chi connectivity index (χ2n) is 8.97. The largest absolute Gasteiger partial charge is 0.462 e. The molecule has 0 saturated carbocycles. The summed E-state index contributed by atoms with van der Waals surface area (Å²) in [5.74, 6) is 0.0586. The maximum Gasteiger partial charge on any atom is 0.338 e. The van der Waals surface area contributed by atoms with Crippen LogP contribution in [0.4, 0.5) is 0 Å². The maximum atomic E-state index is 12.5. The average Bonchev–Trinajstić information content (AvgIpc) is 3.37. The third kappa shape index (κ3) is 4.34. The first-order valence-corrected chi connectivity index (χ1v) is 11.9. The van der Waals surface area contributed by atoms with E-state index in [4.69, 9.17) is 4.74 Å². The second-order valence-corrected chi connectivity index (χ2v) is 8.97. The standard InChI is InChI=1S/C28H24N6O2/c1-17-3-2-4-24(34-17)27-26(32-16-33-27)19-5-6-23-21(9-19)10-22(14-31-23)25-11-20(7-8-30-25)28(35)36-15-18-12-29-13-18/h2-11,14,16,18,29H,12-13,15H2,1H3,(H,32,33). The highest BCUT2D eigenvalue weighted by atomic mass is 16.5. The van der Waals surface area contributed by atoms with Crippen molar-refractivity contribution in [1.29, 1.82) is 0 Å². The van der Waals surface area contributed by atoms with Crippen molar-refractivity contribution in [2.75, 3.05) is 19.7 Å². The lowest BCUT2D eigenvalue weighted by atomic mass is 10.0. The van der Waals surface area contributed by atoms with Crippen LogP contribution in [0.15, 0.2) is 73.3 Å². The predicted molar refractivity (Wildman–Crippen MR) is 137 cm³/mol. The molecular weight excluding hydrogens is 452 g/mol. The molecule has 1 saturated heterocycles. The van der Waals surface area contributed by atoms with Crippen LogP contribution in [0.25, 0.3) is 44.8 Å². The van der Waals surface area contributed by atoms with Crippen molar-refractivity contribution in [1.82, 2.24) is 30.2 Å². The van der Waals surface area contributed by atoms with Crippen LogP contribution < -0.4 is 5.32 Å². The molecular formula is C28H24N6O2. The molecule has 36 heavy (non-hydrogen) atoms. The summed E-state index contributed by atoms with van der Waals surface area (Å²) in [6.07, 6.45) is 5.09. The van der Waals surface area contributed by atoms with Crippen LogP contribution >= 0.6 is 0 Å². The van der Waals surface area contributed by atoms with Crippen molar-refractivity contribution < 1.29 is 9.53 Å². The molecule has 2 N–H and O–H groups in total. The van der Waals surface area contributed by atoms with E-state index < -0.39 is 0 Å². The monoisotopic (exact) mass is 476 g/mol. The number of nitrogens with zero attached hydrogens (tertiary/aromatic N) is 4. The van der Waals surface area contributed by atoms with Gasteiger partial charge in [0, 0.05) is 53.6 Å². The molecule has 0 spiro atoms. The first-order chi connectivity index (χ1) is 17.6. The van der Waals surface area contributed by atoms with Crippen LogP contribution in [0.5, 0.6) is 0 Å². The molecule has 1 aromatic carbocycles. The Morgan fingerprint density at radius 1 is 1.00 bits per heavy atom. The number of aryl methyl sites for hydroxylation is 1. The molecule has 1 fully saturated rings. The lowest BCUT2D eigenvalue weighted by Gasteiger charge is -2.26. The van der Waals surface area contributed by atoms with Gasteiger partial charge in [-0.05, 0) is 49.4 Å². The van der Waals surface area contributed by atoms with E-state index in [-0.39, 0.29) is 5.97 Å². The smallest absolute Gasteiger partial charge is 0.338 e. The topological polar surface area (TPSA) is 106 Å². The number of imidazole rings is 1. The van der Waals surface area contributed by atoms with Gasteiger partial charge in [0.25, 0.3) is 0 Å². The Hall–Kier alpha value is -4.43.